The highest BCUT2D eigenvalue weighted by Gasteiger charge is 2.22. The van der Waals surface area contributed by atoms with E-state index in [1.807, 2.05) is 18.7 Å². The van der Waals surface area contributed by atoms with Gasteiger partial charge in [0, 0.05) is 42.9 Å². The summed E-state index contributed by atoms with van der Waals surface area (Å²) in [6, 6.07) is 2.08. The summed E-state index contributed by atoms with van der Waals surface area (Å²) in [6.07, 6.45) is 1.41. The van der Waals surface area contributed by atoms with Gasteiger partial charge in [0.15, 0.2) is 0 Å². The van der Waals surface area contributed by atoms with Crippen LogP contribution in [0.2, 0.25) is 0 Å². The van der Waals surface area contributed by atoms with E-state index in [0.717, 1.165) is 13.0 Å². The van der Waals surface area contributed by atoms with Gasteiger partial charge in [-0.3, -0.25) is 9.59 Å². The van der Waals surface area contributed by atoms with Gasteiger partial charge in [0.2, 0.25) is 11.8 Å². The van der Waals surface area contributed by atoms with Crippen molar-refractivity contribution >= 4 is 35.6 Å². The quantitative estimate of drug-likeness (QED) is 0.852. The maximum atomic E-state index is 12.2. The molecule has 0 spiro atoms. The maximum absolute atomic E-state index is 12.2. The Morgan fingerprint density at radius 2 is 2.14 bits per heavy atom. The van der Waals surface area contributed by atoms with E-state index in [2.05, 4.69) is 16.8 Å². The molecule has 2 amide bonds. The zero-order chi connectivity index (χ0) is 15.5. The molecule has 22 heavy (non-hydrogen) atoms. The van der Waals surface area contributed by atoms with E-state index in [-0.39, 0.29) is 37.1 Å². The summed E-state index contributed by atoms with van der Waals surface area (Å²) in [4.78, 5) is 27.1. The zero-order valence-corrected chi connectivity index (χ0v) is 14.7. The number of thiophene rings is 1. The smallest absolute Gasteiger partial charge is 0.223 e. The van der Waals surface area contributed by atoms with Crippen LogP contribution in [0.3, 0.4) is 0 Å². The minimum Gasteiger partial charge on any atom is -0.354 e. The van der Waals surface area contributed by atoms with Crippen molar-refractivity contribution in [2.75, 3.05) is 13.1 Å². The van der Waals surface area contributed by atoms with Gasteiger partial charge in [-0.2, -0.15) is 0 Å². The van der Waals surface area contributed by atoms with E-state index >= 15 is 0 Å². The molecule has 5 nitrogen and oxygen atoms in total. The highest BCUT2D eigenvalue weighted by atomic mass is 35.5. The largest absolute Gasteiger partial charge is 0.354 e. The van der Waals surface area contributed by atoms with Crippen LogP contribution < -0.4 is 11.1 Å². The molecule has 3 N–H and O–H groups in total. The Hall–Kier alpha value is -1.11. The second-order valence-corrected chi connectivity index (χ2v) is 7.20. The molecule has 0 saturated carbocycles. The molecule has 0 aromatic carbocycles. The van der Waals surface area contributed by atoms with Gasteiger partial charge in [-0.25, -0.2) is 0 Å². The molecule has 0 radical (unpaired) electrons. The molecule has 2 heterocycles. The average Bonchev–Trinajstić information content (AvgIpc) is 2.89. The molecule has 1 aliphatic heterocycles. The minimum atomic E-state index is -0.429. The van der Waals surface area contributed by atoms with Gasteiger partial charge in [0.25, 0.3) is 0 Å². The molecule has 0 unspecified atom stereocenters. The van der Waals surface area contributed by atoms with Gasteiger partial charge in [0.1, 0.15) is 0 Å². The monoisotopic (exact) mass is 345 g/mol. The molecule has 0 bridgehead atoms. The fraction of sp³-hybridized carbons (Fsp3) is 0.600. The van der Waals surface area contributed by atoms with Crippen molar-refractivity contribution in [1.82, 2.24) is 10.2 Å². The van der Waals surface area contributed by atoms with Crippen molar-refractivity contribution in [2.45, 2.75) is 45.2 Å². The molecule has 2 rings (SSSR count). The summed E-state index contributed by atoms with van der Waals surface area (Å²) in [6.45, 7) is 5.55. The number of fused-ring (bicyclic) bond motifs is 1. The number of rotatable bonds is 5. The fourth-order valence-electron chi connectivity index (χ4n) is 2.25. The fourth-order valence-corrected chi connectivity index (χ4v) is 3.14. The SMILES string of the molecule is CC(C)(N)CNC(=O)CCC(=O)N1CCc2sccc2C1.Cl. The lowest BCUT2D eigenvalue weighted by atomic mass is 10.1. The second-order valence-electron chi connectivity index (χ2n) is 6.20. The number of hydrogen-bond acceptors (Lipinski definition) is 4. The maximum Gasteiger partial charge on any atom is 0.223 e. The number of nitrogens with two attached hydrogens (primary N) is 1. The lowest BCUT2D eigenvalue weighted by Gasteiger charge is -2.27. The van der Waals surface area contributed by atoms with E-state index in [0.29, 0.717) is 13.1 Å². The Morgan fingerprint density at radius 1 is 1.41 bits per heavy atom. The van der Waals surface area contributed by atoms with Crippen molar-refractivity contribution in [3.05, 3.63) is 21.9 Å². The summed E-state index contributed by atoms with van der Waals surface area (Å²) >= 11 is 1.75. The number of halogens is 1. The molecule has 7 heteroatoms. The highest BCUT2D eigenvalue weighted by Crippen LogP contribution is 2.24. The van der Waals surface area contributed by atoms with E-state index in [4.69, 9.17) is 5.73 Å². The zero-order valence-electron chi connectivity index (χ0n) is 13.1. The van der Waals surface area contributed by atoms with Crippen molar-refractivity contribution < 1.29 is 9.59 Å². The molecule has 0 fully saturated rings. The first-order valence-corrected chi connectivity index (χ1v) is 8.12. The van der Waals surface area contributed by atoms with Crippen molar-refractivity contribution in [3.63, 3.8) is 0 Å². The molecule has 1 aromatic heterocycles. The van der Waals surface area contributed by atoms with Crippen LogP contribution >= 0.6 is 23.7 Å². The number of nitrogens with one attached hydrogen (secondary N) is 1. The van der Waals surface area contributed by atoms with Crippen molar-refractivity contribution in [1.29, 1.82) is 0 Å². The standard InChI is InChI=1S/C15H23N3O2S.ClH/c1-15(2,16)10-17-13(19)3-4-14(20)18-7-5-12-11(9-18)6-8-21-12;/h6,8H,3-5,7,9-10,16H2,1-2H3,(H,17,19);1H. The van der Waals surface area contributed by atoms with Gasteiger partial charge in [-0.05, 0) is 37.3 Å². The topological polar surface area (TPSA) is 75.4 Å². The Morgan fingerprint density at radius 3 is 2.82 bits per heavy atom. The van der Waals surface area contributed by atoms with Gasteiger partial charge in [-0.15, -0.1) is 23.7 Å². The Kier molecular flexibility index (Phi) is 6.84. The number of hydrogen-bond donors (Lipinski definition) is 2. The number of amides is 2. The third-order valence-corrected chi connectivity index (χ3v) is 4.49. The summed E-state index contributed by atoms with van der Waals surface area (Å²) in [5.41, 5.74) is 6.62. The third kappa shape index (κ3) is 5.59. The number of carbonyl (C=O) groups is 2. The molecule has 0 saturated heterocycles. The normalized spacial score (nSPS) is 14.0. The number of nitrogens with zero attached hydrogens (tertiary/aromatic N) is 1. The minimum absolute atomic E-state index is 0. The molecule has 1 aliphatic rings. The summed E-state index contributed by atoms with van der Waals surface area (Å²) in [5.74, 6) is -0.0656. The van der Waals surface area contributed by atoms with Crippen LogP contribution in [0.5, 0.6) is 0 Å². The van der Waals surface area contributed by atoms with Gasteiger partial charge >= 0.3 is 0 Å². The summed E-state index contributed by atoms with van der Waals surface area (Å²) in [7, 11) is 0. The van der Waals surface area contributed by atoms with Crippen LogP contribution in [0.1, 0.15) is 37.1 Å². The average molecular weight is 346 g/mol. The molecular formula is C15H24ClN3O2S. The van der Waals surface area contributed by atoms with Crippen LogP contribution in [-0.2, 0) is 22.6 Å². The van der Waals surface area contributed by atoms with Crippen molar-refractivity contribution in [3.8, 4) is 0 Å². The predicted octanol–water partition coefficient (Wildman–Crippen LogP) is 1.69. The predicted molar refractivity (Wildman–Crippen MR) is 91.2 cm³/mol. The van der Waals surface area contributed by atoms with Gasteiger partial charge in [0.05, 0.1) is 0 Å². The summed E-state index contributed by atoms with van der Waals surface area (Å²) < 4.78 is 0. The molecule has 0 atom stereocenters. The third-order valence-electron chi connectivity index (χ3n) is 3.47. The highest BCUT2D eigenvalue weighted by molar-refractivity contribution is 7.10. The first-order valence-electron chi connectivity index (χ1n) is 7.24. The van der Waals surface area contributed by atoms with Crippen LogP contribution in [0.25, 0.3) is 0 Å². The number of carbonyl (C=O) groups excluding carboxylic acids is 2. The molecule has 1 aromatic rings. The molecule has 0 aliphatic carbocycles. The lowest BCUT2D eigenvalue weighted by Crippen LogP contribution is -2.45. The van der Waals surface area contributed by atoms with Crippen molar-refractivity contribution in [2.24, 2.45) is 5.73 Å². The van der Waals surface area contributed by atoms with Gasteiger partial charge < -0.3 is 16.0 Å². The van der Waals surface area contributed by atoms with E-state index in [9.17, 15) is 9.59 Å². The van der Waals surface area contributed by atoms with Crippen LogP contribution in [-0.4, -0.2) is 35.3 Å². The second kappa shape index (κ2) is 7.94. The Labute approximate surface area is 141 Å². The Bertz CT molecular complexity index is 525. The Balaban J connectivity index is 0.00000242. The first-order chi connectivity index (χ1) is 9.85. The van der Waals surface area contributed by atoms with Crippen LogP contribution in [0, 0.1) is 0 Å². The summed E-state index contributed by atoms with van der Waals surface area (Å²) in [5, 5.41) is 4.83. The van der Waals surface area contributed by atoms with Crippen LogP contribution in [0.15, 0.2) is 11.4 Å². The first kappa shape index (κ1) is 18.9. The van der Waals surface area contributed by atoms with E-state index in [1.54, 1.807) is 11.3 Å². The molecular weight excluding hydrogens is 322 g/mol. The lowest BCUT2D eigenvalue weighted by molar-refractivity contribution is -0.134. The van der Waals surface area contributed by atoms with Gasteiger partial charge in [-0.1, -0.05) is 0 Å². The molecule has 124 valence electrons. The van der Waals surface area contributed by atoms with E-state index in [1.165, 1.54) is 10.4 Å². The van der Waals surface area contributed by atoms with E-state index < -0.39 is 5.54 Å². The van der Waals surface area contributed by atoms with Crippen LogP contribution in [0.4, 0.5) is 0 Å².